The van der Waals surface area contributed by atoms with E-state index in [-0.39, 0.29) is 17.9 Å². The number of hydrogen-bond donors (Lipinski definition) is 2. The van der Waals surface area contributed by atoms with Gasteiger partial charge < -0.3 is 19.8 Å². The molecule has 0 saturated carbocycles. The van der Waals surface area contributed by atoms with E-state index in [0.29, 0.717) is 22.5 Å². The third kappa shape index (κ3) is 4.38. The van der Waals surface area contributed by atoms with Gasteiger partial charge in [-0.1, -0.05) is 12.1 Å². The average molecular weight is 383 g/mol. The Kier molecular flexibility index (Phi) is 6.55. The molecule has 2 aromatic rings. The number of aromatic amines is 1. The van der Waals surface area contributed by atoms with Crippen LogP contribution in [0.2, 0.25) is 0 Å². The van der Waals surface area contributed by atoms with E-state index in [9.17, 15) is 14.4 Å². The van der Waals surface area contributed by atoms with Crippen LogP contribution in [0.5, 0.6) is 0 Å². The Labute approximate surface area is 162 Å². The molecule has 0 aliphatic rings. The van der Waals surface area contributed by atoms with E-state index in [4.69, 9.17) is 14.7 Å². The minimum atomic E-state index is -1.12. The summed E-state index contributed by atoms with van der Waals surface area (Å²) in [5.41, 5.74) is 1.84. The largest absolute Gasteiger partial charge is 0.462 e. The quantitative estimate of drug-likeness (QED) is 0.740. The van der Waals surface area contributed by atoms with Gasteiger partial charge in [-0.2, -0.15) is 5.26 Å². The second kappa shape index (κ2) is 8.86. The van der Waals surface area contributed by atoms with Gasteiger partial charge in [-0.05, 0) is 45.4 Å². The van der Waals surface area contributed by atoms with E-state index in [1.54, 1.807) is 45.0 Å². The fourth-order valence-electron chi connectivity index (χ4n) is 2.66. The maximum absolute atomic E-state index is 12.5. The number of carbonyl (C=O) groups is 3. The van der Waals surface area contributed by atoms with Crippen molar-refractivity contribution < 1.29 is 23.9 Å². The number of hydrogen-bond acceptors (Lipinski definition) is 6. The summed E-state index contributed by atoms with van der Waals surface area (Å²) in [4.78, 5) is 39.6. The molecule has 1 heterocycles. The van der Waals surface area contributed by atoms with Gasteiger partial charge in [-0.3, -0.25) is 4.79 Å². The SMILES string of the molecule is CCOC(=O)c1c(C)[nH]c(C(=O)O[C@@H](C)C(=O)Nc2ccccc2C#N)c1C. The summed E-state index contributed by atoms with van der Waals surface area (Å²) in [5.74, 6) is -1.89. The molecule has 0 fully saturated rings. The average Bonchev–Trinajstić information content (AvgIpc) is 2.96. The van der Waals surface area contributed by atoms with Gasteiger partial charge in [0.1, 0.15) is 11.8 Å². The number of benzene rings is 1. The van der Waals surface area contributed by atoms with Gasteiger partial charge >= 0.3 is 11.9 Å². The van der Waals surface area contributed by atoms with Crippen molar-refractivity contribution in [1.29, 1.82) is 5.26 Å². The van der Waals surface area contributed by atoms with Gasteiger partial charge in [0.2, 0.25) is 0 Å². The molecule has 0 bridgehead atoms. The molecule has 0 spiro atoms. The van der Waals surface area contributed by atoms with Crippen molar-refractivity contribution in [2.75, 3.05) is 11.9 Å². The van der Waals surface area contributed by atoms with Crippen LogP contribution in [-0.4, -0.2) is 35.5 Å². The fourth-order valence-corrected chi connectivity index (χ4v) is 2.66. The lowest BCUT2D eigenvalue weighted by molar-refractivity contribution is -0.123. The highest BCUT2D eigenvalue weighted by molar-refractivity contribution is 6.00. The van der Waals surface area contributed by atoms with Crippen LogP contribution in [0.4, 0.5) is 5.69 Å². The number of esters is 2. The minimum Gasteiger partial charge on any atom is -0.462 e. The first-order chi connectivity index (χ1) is 13.3. The van der Waals surface area contributed by atoms with E-state index in [0.717, 1.165) is 0 Å². The first kappa shape index (κ1) is 20.7. The molecule has 0 aliphatic carbocycles. The first-order valence-corrected chi connectivity index (χ1v) is 8.67. The number of H-pyrrole nitrogens is 1. The minimum absolute atomic E-state index is 0.0811. The van der Waals surface area contributed by atoms with Crippen LogP contribution in [0, 0.1) is 25.2 Å². The summed E-state index contributed by atoms with van der Waals surface area (Å²) in [6.45, 7) is 6.56. The zero-order valence-electron chi connectivity index (χ0n) is 16.1. The number of nitrogens with zero attached hydrogens (tertiary/aromatic N) is 1. The van der Waals surface area contributed by atoms with Crippen LogP contribution < -0.4 is 5.32 Å². The molecule has 28 heavy (non-hydrogen) atoms. The van der Waals surface area contributed by atoms with E-state index in [1.165, 1.54) is 6.92 Å². The number of carbonyl (C=O) groups excluding carboxylic acids is 3. The number of nitriles is 1. The van der Waals surface area contributed by atoms with Crippen molar-refractivity contribution in [3.05, 3.63) is 52.3 Å². The Balaban J connectivity index is 2.12. The van der Waals surface area contributed by atoms with E-state index < -0.39 is 23.9 Å². The molecule has 1 atom stereocenters. The van der Waals surface area contributed by atoms with E-state index >= 15 is 0 Å². The maximum Gasteiger partial charge on any atom is 0.355 e. The standard InChI is InChI=1S/C20H21N3O5/c1-5-27-19(25)16-11(2)17(22-12(16)3)20(26)28-13(4)18(24)23-15-9-7-6-8-14(15)10-21/h6-9,13,22H,5H2,1-4H3,(H,23,24)/t13-/m0/s1. The van der Waals surface area contributed by atoms with Gasteiger partial charge in [-0.25, -0.2) is 9.59 Å². The summed E-state index contributed by atoms with van der Waals surface area (Å²) in [7, 11) is 0. The smallest absolute Gasteiger partial charge is 0.355 e. The van der Waals surface area contributed by atoms with Crippen LogP contribution in [-0.2, 0) is 14.3 Å². The monoisotopic (exact) mass is 383 g/mol. The van der Waals surface area contributed by atoms with Crippen LogP contribution in [0.3, 0.4) is 0 Å². The van der Waals surface area contributed by atoms with Gasteiger partial charge in [-0.15, -0.1) is 0 Å². The number of rotatable bonds is 6. The van der Waals surface area contributed by atoms with Gasteiger partial charge in [0.05, 0.1) is 23.4 Å². The Morgan fingerprint density at radius 1 is 1.21 bits per heavy atom. The molecule has 1 aromatic carbocycles. The zero-order chi connectivity index (χ0) is 20.8. The summed E-state index contributed by atoms with van der Waals surface area (Å²) < 4.78 is 10.2. The molecule has 0 unspecified atom stereocenters. The van der Waals surface area contributed by atoms with Gasteiger partial charge in [0.15, 0.2) is 6.10 Å². The molecule has 0 radical (unpaired) electrons. The number of aryl methyl sites for hydroxylation is 1. The lowest BCUT2D eigenvalue weighted by Crippen LogP contribution is -2.30. The molecule has 0 aliphatic heterocycles. The molecule has 2 N–H and O–H groups in total. The van der Waals surface area contributed by atoms with Crippen molar-refractivity contribution in [2.45, 2.75) is 33.8 Å². The van der Waals surface area contributed by atoms with Crippen molar-refractivity contribution in [3.63, 3.8) is 0 Å². The van der Waals surface area contributed by atoms with Gasteiger partial charge in [0.25, 0.3) is 5.91 Å². The topological polar surface area (TPSA) is 121 Å². The normalized spacial score (nSPS) is 11.2. The summed E-state index contributed by atoms with van der Waals surface area (Å²) in [5, 5.41) is 11.6. The molecule has 0 saturated heterocycles. The van der Waals surface area contributed by atoms with Crippen LogP contribution in [0.1, 0.15) is 51.5 Å². The molecule has 8 nitrogen and oxygen atoms in total. The summed E-state index contributed by atoms with van der Waals surface area (Å²) in [6.07, 6.45) is -1.12. The number of ether oxygens (including phenoxy) is 2. The third-order valence-corrected chi connectivity index (χ3v) is 4.08. The molecular formula is C20H21N3O5. The van der Waals surface area contributed by atoms with Crippen molar-refractivity contribution >= 4 is 23.5 Å². The van der Waals surface area contributed by atoms with Crippen LogP contribution >= 0.6 is 0 Å². The molecule has 1 aromatic heterocycles. The number of nitrogens with one attached hydrogen (secondary N) is 2. The maximum atomic E-state index is 12.5. The Morgan fingerprint density at radius 3 is 2.54 bits per heavy atom. The Hall–Kier alpha value is -3.60. The van der Waals surface area contributed by atoms with Crippen LogP contribution in [0.15, 0.2) is 24.3 Å². The highest BCUT2D eigenvalue weighted by atomic mass is 16.5. The molecular weight excluding hydrogens is 362 g/mol. The predicted molar refractivity (Wildman–Crippen MR) is 101 cm³/mol. The predicted octanol–water partition coefficient (Wildman–Crippen LogP) is 2.86. The highest BCUT2D eigenvalue weighted by Crippen LogP contribution is 2.21. The van der Waals surface area contributed by atoms with Gasteiger partial charge in [0, 0.05) is 5.69 Å². The van der Waals surface area contributed by atoms with Crippen LogP contribution in [0.25, 0.3) is 0 Å². The van der Waals surface area contributed by atoms with Crippen molar-refractivity contribution in [2.24, 2.45) is 0 Å². The number of amides is 1. The molecule has 8 heteroatoms. The summed E-state index contributed by atoms with van der Waals surface area (Å²) in [6, 6.07) is 8.47. The molecule has 1 amide bonds. The Bertz CT molecular complexity index is 955. The number of para-hydroxylation sites is 1. The van der Waals surface area contributed by atoms with Crippen molar-refractivity contribution in [1.82, 2.24) is 4.98 Å². The second-order valence-corrected chi connectivity index (χ2v) is 6.04. The van der Waals surface area contributed by atoms with E-state index in [1.807, 2.05) is 6.07 Å². The number of anilines is 1. The lowest BCUT2D eigenvalue weighted by Gasteiger charge is -2.14. The van der Waals surface area contributed by atoms with Crippen molar-refractivity contribution in [3.8, 4) is 6.07 Å². The first-order valence-electron chi connectivity index (χ1n) is 8.67. The zero-order valence-corrected chi connectivity index (χ0v) is 16.1. The molecule has 146 valence electrons. The Morgan fingerprint density at radius 2 is 1.89 bits per heavy atom. The fraction of sp³-hybridized carbons (Fsp3) is 0.300. The third-order valence-electron chi connectivity index (χ3n) is 4.08. The molecule has 2 rings (SSSR count). The number of aromatic nitrogens is 1. The second-order valence-electron chi connectivity index (χ2n) is 6.04. The lowest BCUT2D eigenvalue weighted by atomic mass is 10.1. The summed E-state index contributed by atoms with van der Waals surface area (Å²) >= 11 is 0. The highest BCUT2D eigenvalue weighted by Gasteiger charge is 2.26. The van der Waals surface area contributed by atoms with E-state index in [2.05, 4.69) is 10.3 Å².